The summed E-state index contributed by atoms with van der Waals surface area (Å²) in [5.74, 6) is -0.158. The summed E-state index contributed by atoms with van der Waals surface area (Å²) in [4.78, 5) is 41.6. The van der Waals surface area contributed by atoms with E-state index in [1.165, 1.54) is 11.6 Å². The molecule has 2 heterocycles. The van der Waals surface area contributed by atoms with Gasteiger partial charge >= 0.3 is 5.69 Å². The molecule has 0 radical (unpaired) electrons. The summed E-state index contributed by atoms with van der Waals surface area (Å²) >= 11 is 5.93. The number of carbonyl (C=O) groups is 1. The fourth-order valence-corrected chi connectivity index (χ4v) is 3.53. The number of anilines is 1. The van der Waals surface area contributed by atoms with Crippen LogP contribution in [0.25, 0.3) is 11.0 Å². The van der Waals surface area contributed by atoms with Gasteiger partial charge in [-0.2, -0.15) is 0 Å². The number of aryl methyl sites for hydroxylation is 3. The average molecular weight is 401 g/mol. The molecule has 28 heavy (non-hydrogen) atoms. The van der Waals surface area contributed by atoms with Crippen molar-refractivity contribution in [2.75, 3.05) is 5.32 Å². The lowest BCUT2D eigenvalue weighted by atomic mass is 10.00. The van der Waals surface area contributed by atoms with Crippen molar-refractivity contribution in [1.29, 1.82) is 0 Å². The highest BCUT2D eigenvalue weighted by Gasteiger charge is 2.17. The van der Waals surface area contributed by atoms with Crippen molar-refractivity contribution in [3.8, 4) is 0 Å². The summed E-state index contributed by atoms with van der Waals surface area (Å²) in [5.41, 5.74) is 2.47. The number of rotatable bonds is 4. The number of nitrogens with zero attached hydrogens (tertiary/aromatic N) is 3. The third kappa shape index (κ3) is 3.57. The molecule has 3 rings (SSSR count). The highest BCUT2D eigenvalue weighted by atomic mass is 35.5. The van der Waals surface area contributed by atoms with Gasteiger partial charge in [0.2, 0.25) is 5.91 Å². The first-order valence-electron chi connectivity index (χ1n) is 8.82. The third-order valence-electron chi connectivity index (χ3n) is 4.88. The second-order valence-corrected chi connectivity index (χ2v) is 7.20. The maximum atomic E-state index is 12.6. The van der Waals surface area contributed by atoms with Crippen molar-refractivity contribution in [1.82, 2.24) is 14.1 Å². The van der Waals surface area contributed by atoms with E-state index in [9.17, 15) is 14.4 Å². The first kappa shape index (κ1) is 19.8. The summed E-state index contributed by atoms with van der Waals surface area (Å²) in [7, 11) is 3.04. The van der Waals surface area contributed by atoms with Gasteiger partial charge in [0, 0.05) is 36.9 Å². The fraction of sp³-hybridized carbons (Fsp3) is 0.300. The SMILES string of the molecule is Cc1nc2c(c(C)c1CCC(=O)Nc1cccc(Cl)c1)c(=O)n(C)c(=O)n2C. The second kappa shape index (κ2) is 7.59. The van der Waals surface area contributed by atoms with Crippen LogP contribution in [-0.2, 0) is 25.3 Å². The Bertz CT molecular complexity index is 1210. The number of fused-ring (bicyclic) bond motifs is 1. The first-order valence-corrected chi connectivity index (χ1v) is 9.19. The molecule has 0 aliphatic heterocycles. The lowest BCUT2D eigenvalue weighted by Crippen LogP contribution is -2.38. The number of hydrogen-bond donors (Lipinski definition) is 1. The van der Waals surface area contributed by atoms with Gasteiger partial charge in [-0.3, -0.25) is 18.7 Å². The second-order valence-electron chi connectivity index (χ2n) is 6.76. The summed E-state index contributed by atoms with van der Waals surface area (Å²) in [6.07, 6.45) is 0.659. The number of pyridine rings is 1. The first-order chi connectivity index (χ1) is 13.2. The van der Waals surface area contributed by atoms with E-state index < -0.39 is 5.69 Å². The Morgan fingerprint density at radius 1 is 1.18 bits per heavy atom. The molecule has 1 aromatic carbocycles. The van der Waals surface area contributed by atoms with Crippen LogP contribution in [0, 0.1) is 13.8 Å². The van der Waals surface area contributed by atoms with E-state index in [1.807, 2.05) is 13.8 Å². The zero-order chi connectivity index (χ0) is 20.6. The number of benzene rings is 1. The standard InChI is InChI=1S/C20H21ClN4O3/c1-11-15(8-9-16(26)23-14-7-5-6-13(21)10-14)12(2)22-18-17(11)19(27)25(4)20(28)24(18)3/h5-7,10H,8-9H2,1-4H3,(H,23,26). The van der Waals surface area contributed by atoms with Gasteiger partial charge in [0.15, 0.2) is 0 Å². The molecule has 1 N–H and O–H groups in total. The van der Waals surface area contributed by atoms with Crippen LogP contribution in [0.4, 0.5) is 5.69 Å². The Labute approximate surface area is 166 Å². The zero-order valence-corrected chi connectivity index (χ0v) is 16.9. The molecule has 2 aromatic heterocycles. The van der Waals surface area contributed by atoms with Crippen LogP contribution in [0.15, 0.2) is 33.9 Å². The molecular formula is C20H21ClN4O3. The van der Waals surface area contributed by atoms with Crippen LogP contribution in [0.5, 0.6) is 0 Å². The predicted molar refractivity (Wildman–Crippen MR) is 110 cm³/mol. The molecule has 0 aliphatic carbocycles. The molecule has 8 heteroatoms. The number of carbonyl (C=O) groups excluding carboxylic acids is 1. The molecule has 0 bridgehead atoms. The summed E-state index contributed by atoms with van der Waals surface area (Å²) in [6.45, 7) is 3.64. The van der Waals surface area contributed by atoms with Crippen molar-refractivity contribution in [3.05, 3.63) is 66.9 Å². The van der Waals surface area contributed by atoms with E-state index in [0.29, 0.717) is 33.9 Å². The molecule has 0 unspecified atom stereocenters. The Balaban J connectivity index is 1.92. The van der Waals surface area contributed by atoms with E-state index >= 15 is 0 Å². The van der Waals surface area contributed by atoms with Crippen molar-refractivity contribution < 1.29 is 4.79 Å². The average Bonchev–Trinajstić information content (AvgIpc) is 2.64. The van der Waals surface area contributed by atoms with Gasteiger partial charge in [-0.25, -0.2) is 9.78 Å². The van der Waals surface area contributed by atoms with Crippen LogP contribution in [0.1, 0.15) is 23.2 Å². The molecule has 1 amide bonds. The van der Waals surface area contributed by atoms with Crippen LogP contribution >= 0.6 is 11.6 Å². The van der Waals surface area contributed by atoms with Crippen molar-refractivity contribution in [3.63, 3.8) is 0 Å². The van der Waals surface area contributed by atoms with Gasteiger partial charge in [-0.15, -0.1) is 0 Å². The van der Waals surface area contributed by atoms with Crippen molar-refractivity contribution in [2.45, 2.75) is 26.7 Å². The minimum atomic E-state index is -0.419. The van der Waals surface area contributed by atoms with Gasteiger partial charge in [-0.1, -0.05) is 17.7 Å². The Morgan fingerprint density at radius 2 is 1.89 bits per heavy atom. The number of amides is 1. The molecule has 0 spiro atoms. The minimum absolute atomic E-state index is 0.158. The van der Waals surface area contributed by atoms with Gasteiger partial charge in [0.05, 0.1) is 5.39 Å². The summed E-state index contributed by atoms with van der Waals surface area (Å²) in [5, 5.41) is 3.76. The van der Waals surface area contributed by atoms with Crippen molar-refractivity contribution >= 4 is 34.2 Å². The van der Waals surface area contributed by atoms with Gasteiger partial charge < -0.3 is 5.32 Å². The predicted octanol–water partition coefficient (Wildman–Crippen LogP) is 2.47. The molecule has 146 valence electrons. The monoisotopic (exact) mass is 400 g/mol. The van der Waals surface area contributed by atoms with Gasteiger partial charge in [0.1, 0.15) is 5.65 Å². The molecule has 0 saturated heterocycles. The number of nitrogens with one attached hydrogen (secondary N) is 1. The van der Waals surface area contributed by atoms with E-state index in [-0.39, 0.29) is 17.9 Å². The minimum Gasteiger partial charge on any atom is -0.326 e. The topological polar surface area (TPSA) is 86.0 Å². The smallest absolute Gasteiger partial charge is 0.326 e. The third-order valence-corrected chi connectivity index (χ3v) is 5.12. The number of halogens is 1. The highest BCUT2D eigenvalue weighted by Crippen LogP contribution is 2.21. The molecule has 7 nitrogen and oxygen atoms in total. The Hall–Kier alpha value is -2.93. The maximum Gasteiger partial charge on any atom is 0.332 e. The van der Waals surface area contributed by atoms with Crippen LogP contribution in [-0.4, -0.2) is 20.0 Å². The Morgan fingerprint density at radius 3 is 2.57 bits per heavy atom. The lowest BCUT2D eigenvalue weighted by Gasteiger charge is -2.14. The molecule has 0 saturated carbocycles. The number of hydrogen-bond acceptors (Lipinski definition) is 4. The summed E-state index contributed by atoms with van der Waals surface area (Å²) < 4.78 is 2.44. The van der Waals surface area contributed by atoms with E-state index in [4.69, 9.17) is 11.6 Å². The van der Waals surface area contributed by atoms with Crippen LogP contribution in [0.3, 0.4) is 0 Å². The molecule has 3 aromatic rings. The zero-order valence-electron chi connectivity index (χ0n) is 16.2. The lowest BCUT2D eigenvalue weighted by molar-refractivity contribution is -0.116. The van der Waals surface area contributed by atoms with Crippen LogP contribution in [0.2, 0.25) is 5.02 Å². The molecular weight excluding hydrogens is 380 g/mol. The summed E-state index contributed by atoms with van der Waals surface area (Å²) in [6, 6.07) is 6.94. The molecule has 0 fully saturated rings. The van der Waals surface area contributed by atoms with Crippen molar-refractivity contribution in [2.24, 2.45) is 14.1 Å². The quantitative estimate of drug-likeness (QED) is 0.729. The normalized spacial score (nSPS) is 11.0. The largest absolute Gasteiger partial charge is 0.332 e. The highest BCUT2D eigenvalue weighted by molar-refractivity contribution is 6.30. The van der Waals surface area contributed by atoms with Gasteiger partial charge in [-0.05, 0) is 49.6 Å². The van der Waals surface area contributed by atoms with E-state index in [2.05, 4.69) is 10.3 Å². The Kier molecular flexibility index (Phi) is 5.38. The molecule has 0 aliphatic rings. The van der Waals surface area contributed by atoms with Crippen LogP contribution < -0.4 is 16.6 Å². The number of aromatic nitrogens is 3. The van der Waals surface area contributed by atoms with E-state index in [1.54, 1.807) is 31.3 Å². The van der Waals surface area contributed by atoms with E-state index in [0.717, 1.165) is 15.7 Å². The van der Waals surface area contributed by atoms with Gasteiger partial charge in [0.25, 0.3) is 5.56 Å². The molecule has 0 atom stereocenters. The maximum absolute atomic E-state index is 12.6. The fourth-order valence-electron chi connectivity index (χ4n) is 3.34.